The third-order valence-corrected chi connectivity index (χ3v) is 4.83. The number of fused-ring (bicyclic) bond motifs is 1. The Bertz CT molecular complexity index is 828. The minimum atomic E-state index is -0.808. The highest BCUT2D eigenvalue weighted by Crippen LogP contribution is 2.47. The fourth-order valence-electron chi connectivity index (χ4n) is 3.55. The molecule has 3 atom stereocenters. The molecule has 0 aromatic carbocycles. The van der Waals surface area contributed by atoms with Gasteiger partial charge in [0.05, 0.1) is 18.1 Å². The van der Waals surface area contributed by atoms with Gasteiger partial charge in [0.15, 0.2) is 0 Å². The molecule has 3 heterocycles. The third-order valence-electron chi connectivity index (χ3n) is 4.83. The number of nitrogens with zero attached hydrogens (tertiary/aromatic N) is 2. The van der Waals surface area contributed by atoms with Crippen molar-refractivity contribution in [2.75, 3.05) is 13.7 Å². The number of pyridine rings is 1. The van der Waals surface area contributed by atoms with Crippen LogP contribution in [0, 0.1) is 5.92 Å². The molecular weight excluding hydrogens is 350 g/mol. The molecule has 1 aromatic rings. The number of rotatable bonds is 6. The molecule has 0 aliphatic carbocycles. The van der Waals surface area contributed by atoms with Crippen LogP contribution in [0.3, 0.4) is 0 Å². The second-order valence-corrected chi connectivity index (χ2v) is 6.47. The van der Waals surface area contributed by atoms with Crippen molar-refractivity contribution in [1.82, 2.24) is 15.2 Å². The van der Waals surface area contributed by atoms with Gasteiger partial charge >= 0.3 is 5.97 Å². The van der Waals surface area contributed by atoms with Crippen LogP contribution in [-0.2, 0) is 14.3 Å². The Balaban J connectivity index is 1.97. The molecule has 3 rings (SSSR count). The molecule has 142 valence electrons. The Morgan fingerprint density at radius 3 is 2.81 bits per heavy atom. The Morgan fingerprint density at radius 1 is 1.52 bits per heavy atom. The predicted molar refractivity (Wildman–Crippen MR) is 96.1 cm³/mol. The van der Waals surface area contributed by atoms with Crippen molar-refractivity contribution in [2.45, 2.75) is 25.5 Å². The lowest BCUT2D eigenvalue weighted by Gasteiger charge is -2.44. The predicted octanol–water partition coefficient (Wildman–Crippen LogP) is 0.493. The second kappa shape index (κ2) is 7.32. The average molecular weight is 371 g/mol. The maximum atomic E-state index is 12.6. The van der Waals surface area contributed by atoms with E-state index in [4.69, 9.17) is 4.74 Å². The molecule has 8 heteroatoms. The van der Waals surface area contributed by atoms with E-state index in [-0.39, 0.29) is 35.9 Å². The number of carbonyl (C=O) groups is 3. The molecule has 0 unspecified atom stereocenters. The van der Waals surface area contributed by atoms with Crippen LogP contribution in [-0.4, -0.2) is 58.6 Å². The van der Waals surface area contributed by atoms with Crippen molar-refractivity contribution < 1.29 is 24.2 Å². The molecular formula is C19H21N3O5. The smallest absolute Gasteiger partial charge is 0.355 e. The molecule has 27 heavy (non-hydrogen) atoms. The maximum absolute atomic E-state index is 12.6. The highest BCUT2D eigenvalue weighted by atomic mass is 16.5. The van der Waals surface area contributed by atoms with Crippen molar-refractivity contribution in [3.63, 3.8) is 0 Å². The maximum Gasteiger partial charge on any atom is 0.355 e. The monoisotopic (exact) mass is 371 g/mol. The normalized spacial score (nSPS) is 22.0. The lowest BCUT2D eigenvalue weighted by molar-refractivity contribution is -0.162. The van der Waals surface area contributed by atoms with Crippen molar-refractivity contribution in [3.8, 4) is 0 Å². The van der Waals surface area contributed by atoms with Crippen LogP contribution >= 0.6 is 0 Å². The number of β-lactam (4-membered cyclic amide) rings is 1. The zero-order chi connectivity index (χ0) is 19.7. The standard InChI is InChI=1S/C19H21N3O5/c1-4-7-27-19(26)16-12(8-14-15(10(2)23)18(25)22(14)16)11-5-6-13(21-9-11)17(24)20-3/h4-6,9-10,14-15,23H,1,7-8H2,2-3H3,(H,20,24)/t10-,14-,15-/m1/s1. The summed E-state index contributed by atoms with van der Waals surface area (Å²) in [6.07, 6.45) is 2.54. The molecule has 0 radical (unpaired) electrons. The summed E-state index contributed by atoms with van der Waals surface area (Å²) in [5.74, 6) is -1.80. The van der Waals surface area contributed by atoms with E-state index < -0.39 is 18.0 Å². The van der Waals surface area contributed by atoms with Crippen molar-refractivity contribution >= 4 is 23.4 Å². The van der Waals surface area contributed by atoms with Gasteiger partial charge in [-0.05, 0) is 30.5 Å². The van der Waals surface area contributed by atoms with Gasteiger partial charge in [-0.2, -0.15) is 0 Å². The second-order valence-electron chi connectivity index (χ2n) is 6.47. The lowest BCUT2D eigenvalue weighted by atomic mass is 9.82. The van der Waals surface area contributed by atoms with Crippen LogP contribution in [0.4, 0.5) is 0 Å². The largest absolute Gasteiger partial charge is 0.457 e. The zero-order valence-electron chi connectivity index (χ0n) is 15.1. The Morgan fingerprint density at radius 2 is 2.26 bits per heavy atom. The fourth-order valence-corrected chi connectivity index (χ4v) is 3.55. The number of esters is 1. The SMILES string of the molecule is C=CCOC(=O)C1=C(c2ccc(C(=O)NC)nc2)C[C@@H]2[C@@H]([C@@H](C)O)C(=O)N12. The van der Waals surface area contributed by atoms with E-state index in [0.717, 1.165) is 0 Å². The molecule has 2 N–H and O–H groups in total. The third kappa shape index (κ3) is 3.12. The van der Waals surface area contributed by atoms with Gasteiger partial charge in [0, 0.05) is 13.2 Å². The van der Waals surface area contributed by atoms with Crippen molar-refractivity contribution in [1.29, 1.82) is 0 Å². The van der Waals surface area contributed by atoms with E-state index >= 15 is 0 Å². The van der Waals surface area contributed by atoms with Crippen LogP contribution in [0.15, 0.2) is 36.7 Å². The van der Waals surface area contributed by atoms with Gasteiger partial charge in [-0.3, -0.25) is 14.6 Å². The summed E-state index contributed by atoms with van der Waals surface area (Å²) in [5, 5.41) is 12.4. The van der Waals surface area contributed by atoms with Gasteiger partial charge in [-0.15, -0.1) is 0 Å². The van der Waals surface area contributed by atoms with Gasteiger partial charge < -0.3 is 20.1 Å². The van der Waals surface area contributed by atoms with E-state index in [0.29, 0.717) is 17.6 Å². The number of hydrogen-bond acceptors (Lipinski definition) is 6. The van der Waals surface area contributed by atoms with Crippen molar-refractivity contribution in [2.24, 2.45) is 5.92 Å². The minimum absolute atomic E-state index is 0.0238. The van der Waals surface area contributed by atoms with Gasteiger partial charge in [-0.25, -0.2) is 4.79 Å². The Hall–Kier alpha value is -3.00. The summed E-state index contributed by atoms with van der Waals surface area (Å²) < 4.78 is 5.15. The summed E-state index contributed by atoms with van der Waals surface area (Å²) in [7, 11) is 1.51. The minimum Gasteiger partial charge on any atom is -0.457 e. The van der Waals surface area contributed by atoms with Crippen LogP contribution in [0.1, 0.15) is 29.4 Å². The molecule has 1 fully saturated rings. The molecule has 0 spiro atoms. The molecule has 1 aromatic heterocycles. The van der Waals surface area contributed by atoms with Gasteiger partial charge in [0.25, 0.3) is 5.91 Å². The zero-order valence-corrected chi connectivity index (χ0v) is 15.1. The lowest BCUT2D eigenvalue weighted by Crippen LogP contribution is -2.61. The molecule has 2 aliphatic heterocycles. The number of hydrogen-bond donors (Lipinski definition) is 2. The number of carbonyl (C=O) groups excluding carboxylic acids is 3. The number of aliphatic hydroxyl groups is 1. The number of aromatic nitrogens is 1. The van der Waals surface area contributed by atoms with Gasteiger partial charge in [0.1, 0.15) is 18.0 Å². The molecule has 2 aliphatic rings. The summed E-state index contributed by atoms with van der Waals surface area (Å²) in [4.78, 5) is 42.2. The molecule has 8 nitrogen and oxygen atoms in total. The van der Waals surface area contributed by atoms with E-state index in [1.54, 1.807) is 19.1 Å². The number of nitrogens with one attached hydrogen (secondary N) is 1. The molecule has 1 saturated heterocycles. The van der Waals surface area contributed by atoms with Crippen LogP contribution in [0.5, 0.6) is 0 Å². The molecule has 2 amide bonds. The first-order chi connectivity index (χ1) is 12.9. The highest BCUT2D eigenvalue weighted by Gasteiger charge is 2.57. The van der Waals surface area contributed by atoms with Crippen molar-refractivity contribution in [3.05, 3.63) is 47.9 Å². The van der Waals surface area contributed by atoms with Crippen LogP contribution in [0.2, 0.25) is 0 Å². The molecule has 0 saturated carbocycles. The first-order valence-electron chi connectivity index (χ1n) is 8.61. The van der Waals surface area contributed by atoms with E-state index in [1.165, 1.54) is 24.2 Å². The highest BCUT2D eigenvalue weighted by molar-refractivity contribution is 6.06. The van der Waals surface area contributed by atoms with Gasteiger partial charge in [-0.1, -0.05) is 18.7 Å². The van der Waals surface area contributed by atoms with Gasteiger partial charge in [0.2, 0.25) is 5.91 Å². The summed E-state index contributed by atoms with van der Waals surface area (Å²) >= 11 is 0. The van der Waals surface area contributed by atoms with Crippen LogP contribution < -0.4 is 5.32 Å². The van der Waals surface area contributed by atoms with E-state index in [2.05, 4.69) is 16.9 Å². The Labute approximate surface area is 156 Å². The summed E-state index contributed by atoms with van der Waals surface area (Å²) in [6.45, 7) is 5.10. The van der Waals surface area contributed by atoms with E-state index in [1.807, 2.05) is 0 Å². The quantitative estimate of drug-likeness (QED) is 0.428. The van der Waals surface area contributed by atoms with E-state index in [9.17, 15) is 19.5 Å². The summed E-state index contributed by atoms with van der Waals surface area (Å²) in [6, 6.07) is 2.94. The first kappa shape index (κ1) is 18.8. The number of aliphatic hydroxyl groups excluding tert-OH is 1. The fraction of sp³-hybridized carbons (Fsp3) is 0.368. The molecule has 0 bridgehead atoms. The van der Waals surface area contributed by atoms with Crippen LogP contribution in [0.25, 0.3) is 5.57 Å². The first-order valence-corrected chi connectivity index (χ1v) is 8.61. The summed E-state index contributed by atoms with van der Waals surface area (Å²) in [5.41, 5.74) is 1.65. The Kier molecular flexibility index (Phi) is 5.09. The number of amides is 2. The average Bonchev–Trinajstić information content (AvgIpc) is 3.00. The topological polar surface area (TPSA) is 109 Å². The number of ether oxygens (including phenoxy) is 1.